The van der Waals surface area contributed by atoms with Crippen molar-refractivity contribution in [3.63, 3.8) is 0 Å². The van der Waals surface area contributed by atoms with E-state index in [4.69, 9.17) is 21.3 Å². The molecule has 1 heterocycles. The number of hydrogen-bond acceptors (Lipinski definition) is 3. The molecule has 28 heavy (non-hydrogen) atoms. The Morgan fingerprint density at radius 3 is 2.43 bits per heavy atom. The van der Waals surface area contributed by atoms with Crippen LogP contribution >= 0.6 is 11.6 Å². The van der Waals surface area contributed by atoms with Gasteiger partial charge in [-0.3, -0.25) is 4.79 Å². The third-order valence-electron chi connectivity index (χ3n) is 4.72. The van der Waals surface area contributed by atoms with Crippen LogP contribution in [0.25, 0.3) is 11.0 Å². The summed E-state index contributed by atoms with van der Waals surface area (Å²) < 4.78 is 7.22. The van der Waals surface area contributed by atoms with Crippen LogP contribution in [0.1, 0.15) is 21.7 Å². The largest absolute Gasteiger partial charge is 0.497 e. The quantitative estimate of drug-likeness (QED) is 0.426. The van der Waals surface area contributed by atoms with Gasteiger partial charge in [0, 0.05) is 17.0 Å². The van der Waals surface area contributed by atoms with E-state index in [-0.39, 0.29) is 12.3 Å². The summed E-state index contributed by atoms with van der Waals surface area (Å²) >= 11 is 5.94. The Hall–Kier alpha value is -3.11. The van der Waals surface area contributed by atoms with E-state index >= 15 is 0 Å². The number of nitrogens with zero attached hydrogens (tertiary/aromatic N) is 2. The van der Waals surface area contributed by atoms with E-state index in [9.17, 15) is 4.79 Å². The van der Waals surface area contributed by atoms with Gasteiger partial charge in [-0.1, -0.05) is 35.9 Å². The highest BCUT2D eigenvalue weighted by molar-refractivity contribution is 6.30. The second-order valence-electron chi connectivity index (χ2n) is 6.56. The minimum absolute atomic E-state index is 0.0239. The molecule has 0 saturated heterocycles. The van der Waals surface area contributed by atoms with E-state index in [0.29, 0.717) is 17.0 Å². The molecule has 0 amide bonds. The molecule has 3 aromatic carbocycles. The predicted molar refractivity (Wildman–Crippen MR) is 111 cm³/mol. The predicted octanol–water partition coefficient (Wildman–Crippen LogP) is 5.17. The number of hydrogen-bond donors (Lipinski definition) is 0. The van der Waals surface area contributed by atoms with Crippen molar-refractivity contribution in [1.29, 1.82) is 0 Å². The zero-order valence-corrected chi connectivity index (χ0v) is 16.2. The second-order valence-corrected chi connectivity index (χ2v) is 6.99. The van der Waals surface area contributed by atoms with Gasteiger partial charge in [-0.15, -0.1) is 0 Å². The fourth-order valence-electron chi connectivity index (χ4n) is 3.23. The number of rotatable bonds is 6. The minimum Gasteiger partial charge on any atom is -0.497 e. The van der Waals surface area contributed by atoms with Crippen LogP contribution in [0.3, 0.4) is 0 Å². The van der Waals surface area contributed by atoms with Gasteiger partial charge >= 0.3 is 0 Å². The lowest BCUT2D eigenvalue weighted by Gasteiger charge is -2.10. The Morgan fingerprint density at radius 2 is 1.71 bits per heavy atom. The van der Waals surface area contributed by atoms with Crippen LogP contribution in [-0.4, -0.2) is 22.4 Å². The van der Waals surface area contributed by atoms with Crippen LogP contribution in [0, 0.1) is 0 Å². The van der Waals surface area contributed by atoms with Crippen molar-refractivity contribution in [3.05, 3.63) is 94.8 Å². The number of benzene rings is 3. The molecule has 0 saturated carbocycles. The molecule has 0 aliphatic heterocycles. The molecule has 0 N–H and O–H groups in total. The van der Waals surface area contributed by atoms with Gasteiger partial charge in [0.1, 0.15) is 11.6 Å². The normalized spacial score (nSPS) is 10.9. The van der Waals surface area contributed by atoms with Crippen molar-refractivity contribution in [2.24, 2.45) is 0 Å². The maximum Gasteiger partial charge on any atom is 0.182 e. The standard InChI is InChI=1S/C23H19ClN2O2/c1-28-19-12-6-16(7-13-19)14-23-25-20-4-2-3-5-21(20)26(23)15-22(27)17-8-10-18(24)11-9-17/h2-13H,14-15H2,1H3. The lowest BCUT2D eigenvalue weighted by atomic mass is 10.1. The molecular formula is C23H19ClN2O2. The summed E-state index contributed by atoms with van der Waals surface area (Å²) in [6, 6.07) is 22.8. The highest BCUT2D eigenvalue weighted by Crippen LogP contribution is 2.21. The van der Waals surface area contributed by atoms with Crippen LogP contribution in [0.15, 0.2) is 72.8 Å². The zero-order valence-electron chi connectivity index (χ0n) is 15.4. The van der Waals surface area contributed by atoms with Crippen molar-refractivity contribution >= 4 is 28.4 Å². The SMILES string of the molecule is COc1ccc(Cc2nc3ccccc3n2CC(=O)c2ccc(Cl)cc2)cc1. The van der Waals surface area contributed by atoms with E-state index in [1.807, 2.05) is 53.1 Å². The van der Waals surface area contributed by atoms with Gasteiger partial charge in [0.25, 0.3) is 0 Å². The van der Waals surface area contributed by atoms with E-state index in [1.165, 1.54) is 0 Å². The summed E-state index contributed by atoms with van der Waals surface area (Å²) in [6.07, 6.45) is 0.632. The number of fused-ring (bicyclic) bond motifs is 1. The maximum atomic E-state index is 12.8. The summed E-state index contributed by atoms with van der Waals surface area (Å²) in [7, 11) is 1.65. The molecule has 1 aromatic heterocycles. The molecule has 0 aliphatic carbocycles. The molecule has 0 fully saturated rings. The van der Waals surface area contributed by atoms with Gasteiger partial charge in [-0.25, -0.2) is 4.98 Å². The number of ketones is 1. The van der Waals surface area contributed by atoms with Gasteiger partial charge < -0.3 is 9.30 Å². The number of methoxy groups -OCH3 is 1. The monoisotopic (exact) mass is 390 g/mol. The lowest BCUT2D eigenvalue weighted by molar-refractivity contribution is 0.0972. The van der Waals surface area contributed by atoms with Crippen LogP contribution in [0.5, 0.6) is 5.75 Å². The summed E-state index contributed by atoms with van der Waals surface area (Å²) in [5.41, 5.74) is 3.58. The number of carbonyl (C=O) groups excluding carboxylic acids is 1. The number of ether oxygens (including phenoxy) is 1. The maximum absolute atomic E-state index is 12.8. The Balaban J connectivity index is 1.68. The number of imidazole rings is 1. The smallest absolute Gasteiger partial charge is 0.182 e. The lowest BCUT2D eigenvalue weighted by Crippen LogP contribution is -2.13. The van der Waals surface area contributed by atoms with Gasteiger partial charge in [0.05, 0.1) is 24.7 Å². The van der Waals surface area contributed by atoms with Gasteiger partial charge in [-0.2, -0.15) is 0 Å². The molecule has 4 nitrogen and oxygen atoms in total. The summed E-state index contributed by atoms with van der Waals surface area (Å²) in [4.78, 5) is 17.6. The molecule has 4 rings (SSSR count). The van der Waals surface area contributed by atoms with Crippen LogP contribution < -0.4 is 4.74 Å². The first-order chi connectivity index (χ1) is 13.6. The first-order valence-corrected chi connectivity index (χ1v) is 9.37. The summed E-state index contributed by atoms with van der Waals surface area (Å²) in [6.45, 7) is 0.230. The van der Waals surface area contributed by atoms with Crippen molar-refractivity contribution in [2.75, 3.05) is 7.11 Å². The van der Waals surface area contributed by atoms with Gasteiger partial charge in [0.15, 0.2) is 5.78 Å². The van der Waals surface area contributed by atoms with E-state index in [2.05, 4.69) is 0 Å². The van der Waals surface area contributed by atoms with Gasteiger partial charge in [-0.05, 0) is 54.1 Å². The topological polar surface area (TPSA) is 44.1 Å². The molecular weight excluding hydrogens is 372 g/mol. The van der Waals surface area contributed by atoms with Crippen molar-refractivity contribution in [2.45, 2.75) is 13.0 Å². The van der Waals surface area contributed by atoms with E-state index in [0.717, 1.165) is 28.2 Å². The first kappa shape index (κ1) is 18.3. The third kappa shape index (κ3) is 3.78. The Kier molecular flexibility index (Phi) is 5.13. The van der Waals surface area contributed by atoms with Crippen LogP contribution in [0.2, 0.25) is 5.02 Å². The second kappa shape index (κ2) is 7.87. The average molecular weight is 391 g/mol. The first-order valence-electron chi connectivity index (χ1n) is 9.00. The highest BCUT2D eigenvalue weighted by atomic mass is 35.5. The molecule has 0 spiro atoms. The summed E-state index contributed by atoms with van der Waals surface area (Å²) in [5.74, 6) is 1.69. The highest BCUT2D eigenvalue weighted by Gasteiger charge is 2.15. The molecule has 4 aromatic rings. The Morgan fingerprint density at radius 1 is 1.00 bits per heavy atom. The number of halogens is 1. The molecule has 0 unspecified atom stereocenters. The van der Waals surface area contributed by atoms with Gasteiger partial charge in [0.2, 0.25) is 0 Å². The van der Waals surface area contributed by atoms with Crippen LogP contribution in [0.4, 0.5) is 0 Å². The number of para-hydroxylation sites is 2. The molecule has 0 bridgehead atoms. The van der Waals surface area contributed by atoms with Crippen molar-refractivity contribution < 1.29 is 9.53 Å². The fraction of sp³-hybridized carbons (Fsp3) is 0.130. The van der Waals surface area contributed by atoms with E-state index in [1.54, 1.807) is 31.4 Å². The third-order valence-corrected chi connectivity index (χ3v) is 4.97. The van der Waals surface area contributed by atoms with Crippen molar-refractivity contribution in [3.8, 4) is 5.75 Å². The fourth-order valence-corrected chi connectivity index (χ4v) is 3.36. The molecule has 0 aliphatic rings. The Bertz CT molecular complexity index is 1120. The van der Waals surface area contributed by atoms with Crippen LogP contribution in [-0.2, 0) is 13.0 Å². The number of Topliss-reactive ketones (excluding diaryl/α,β-unsaturated/α-hetero) is 1. The molecule has 5 heteroatoms. The zero-order chi connectivity index (χ0) is 19.5. The summed E-state index contributed by atoms with van der Waals surface area (Å²) in [5, 5.41) is 0.616. The Labute approximate surface area is 168 Å². The minimum atomic E-state index is 0.0239. The molecule has 0 radical (unpaired) electrons. The average Bonchev–Trinajstić information content (AvgIpc) is 3.06. The number of carbonyl (C=O) groups is 1. The van der Waals surface area contributed by atoms with Crippen molar-refractivity contribution in [1.82, 2.24) is 9.55 Å². The molecule has 0 atom stereocenters. The molecule has 140 valence electrons. The van der Waals surface area contributed by atoms with E-state index < -0.39 is 0 Å². The number of aromatic nitrogens is 2.